The van der Waals surface area contributed by atoms with Gasteiger partial charge in [0, 0.05) is 26.4 Å². The van der Waals surface area contributed by atoms with Crippen molar-refractivity contribution < 1.29 is 23.7 Å². The molecule has 0 spiro atoms. The smallest absolute Gasteiger partial charge is 0.0701 e. The number of hydrogen-bond acceptors (Lipinski definition) is 5. The summed E-state index contributed by atoms with van der Waals surface area (Å²) in [6, 6.07) is 0. The Morgan fingerprint density at radius 3 is 1.18 bits per heavy atom. The summed E-state index contributed by atoms with van der Waals surface area (Å²) in [6.45, 7) is 11.2. The van der Waals surface area contributed by atoms with Gasteiger partial charge in [-0.3, -0.25) is 0 Å². The van der Waals surface area contributed by atoms with Gasteiger partial charge in [0.25, 0.3) is 0 Å². The molecule has 0 aromatic carbocycles. The molecule has 170 valence electrons. The molecule has 0 aliphatic heterocycles. The molecule has 0 atom stereocenters. The number of hydrogen-bond donors (Lipinski definition) is 0. The highest BCUT2D eigenvalue weighted by atomic mass is 16.6. The summed E-state index contributed by atoms with van der Waals surface area (Å²) in [6.07, 6.45) is 14.6. The zero-order valence-corrected chi connectivity index (χ0v) is 18.9. The summed E-state index contributed by atoms with van der Waals surface area (Å²) in [5.41, 5.74) is 0. The van der Waals surface area contributed by atoms with Crippen LogP contribution in [0.4, 0.5) is 0 Å². The van der Waals surface area contributed by atoms with E-state index in [2.05, 4.69) is 6.92 Å². The first kappa shape index (κ1) is 27.8. The third-order valence-corrected chi connectivity index (χ3v) is 4.54. The van der Waals surface area contributed by atoms with Crippen LogP contribution in [0.3, 0.4) is 0 Å². The molecule has 5 nitrogen and oxygen atoms in total. The van der Waals surface area contributed by atoms with E-state index in [1.807, 2.05) is 6.92 Å². The van der Waals surface area contributed by atoms with E-state index in [0.717, 1.165) is 32.8 Å². The van der Waals surface area contributed by atoms with E-state index in [4.69, 9.17) is 23.7 Å². The van der Waals surface area contributed by atoms with E-state index >= 15 is 0 Å². The van der Waals surface area contributed by atoms with Crippen LogP contribution in [0.25, 0.3) is 0 Å². The average Bonchev–Trinajstić information content (AvgIpc) is 2.71. The number of rotatable bonds is 25. The molecule has 0 saturated carbocycles. The van der Waals surface area contributed by atoms with Crippen LogP contribution in [-0.4, -0.2) is 66.1 Å². The Labute approximate surface area is 174 Å². The fourth-order valence-electron chi connectivity index (χ4n) is 2.86. The first-order valence-electron chi connectivity index (χ1n) is 11.8. The van der Waals surface area contributed by atoms with Gasteiger partial charge in [-0.25, -0.2) is 0 Å². The maximum atomic E-state index is 5.67. The Morgan fingerprint density at radius 1 is 0.321 bits per heavy atom. The molecule has 0 heterocycles. The summed E-state index contributed by atoms with van der Waals surface area (Å²) in [7, 11) is 0. The van der Waals surface area contributed by atoms with Crippen LogP contribution in [0.1, 0.15) is 84.5 Å². The molecule has 0 rings (SSSR count). The predicted molar refractivity (Wildman–Crippen MR) is 116 cm³/mol. The average molecular weight is 405 g/mol. The molecular formula is C23H48O5. The molecule has 0 amide bonds. The van der Waals surface area contributed by atoms with Gasteiger partial charge in [0.05, 0.1) is 39.6 Å². The van der Waals surface area contributed by atoms with Crippen LogP contribution >= 0.6 is 0 Å². The van der Waals surface area contributed by atoms with Gasteiger partial charge in [0.15, 0.2) is 0 Å². The molecule has 0 unspecified atom stereocenters. The van der Waals surface area contributed by atoms with Crippen molar-refractivity contribution >= 4 is 0 Å². The molecule has 0 fully saturated rings. The molecule has 0 aromatic heterocycles. The van der Waals surface area contributed by atoms with Gasteiger partial charge in [0.1, 0.15) is 0 Å². The quantitative estimate of drug-likeness (QED) is 0.191. The first-order valence-corrected chi connectivity index (χ1v) is 11.8. The molecule has 0 aliphatic carbocycles. The lowest BCUT2D eigenvalue weighted by molar-refractivity contribution is -0.00303. The van der Waals surface area contributed by atoms with Crippen molar-refractivity contribution in [3.63, 3.8) is 0 Å². The van der Waals surface area contributed by atoms with E-state index in [1.165, 1.54) is 64.2 Å². The van der Waals surface area contributed by atoms with E-state index < -0.39 is 0 Å². The van der Waals surface area contributed by atoms with E-state index in [0.29, 0.717) is 39.6 Å². The molecule has 0 radical (unpaired) electrons. The highest BCUT2D eigenvalue weighted by Gasteiger charge is 1.95. The minimum absolute atomic E-state index is 0.609. The lowest BCUT2D eigenvalue weighted by Gasteiger charge is -2.07. The van der Waals surface area contributed by atoms with Crippen LogP contribution in [0.2, 0.25) is 0 Å². The molecule has 0 aliphatic rings. The van der Waals surface area contributed by atoms with Crippen LogP contribution in [0.5, 0.6) is 0 Å². The molecule has 5 heteroatoms. The van der Waals surface area contributed by atoms with Gasteiger partial charge >= 0.3 is 0 Å². The Hall–Kier alpha value is -0.200. The van der Waals surface area contributed by atoms with Crippen LogP contribution in [0, 0.1) is 0 Å². The zero-order chi connectivity index (χ0) is 20.4. The second kappa shape index (κ2) is 26.8. The largest absolute Gasteiger partial charge is 0.381 e. The Balaban J connectivity index is 2.96. The SMILES string of the molecule is CCCCCCCCCCCCOCCCOCCOCCOCCOCC. The summed E-state index contributed by atoms with van der Waals surface area (Å²) >= 11 is 0. The lowest BCUT2D eigenvalue weighted by atomic mass is 10.1. The van der Waals surface area contributed by atoms with Crippen LogP contribution in [-0.2, 0) is 23.7 Å². The molecule has 0 N–H and O–H groups in total. The number of unbranched alkanes of at least 4 members (excludes halogenated alkanes) is 9. The summed E-state index contributed by atoms with van der Waals surface area (Å²) in [4.78, 5) is 0. The first-order chi connectivity index (χ1) is 13.9. The fraction of sp³-hybridized carbons (Fsp3) is 1.00. The number of ether oxygens (including phenoxy) is 5. The zero-order valence-electron chi connectivity index (χ0n) is 18.9. The van der Waals surface area contributed by atoms with Crippen molar-refractivity contribution in [2.75, 3.05) is 66.1 Å². The predicted octanol–water partition coefficient (Wildman–Crippen LogP) is 5.40. The van der Waals surface area contributed by atoms with Gasteiger partial charge in [-0.05, 0) is 19.8 Å². The Morgan fingerprint density at radius 2 is 0.679 bits per heavy atom. The van der Waals surface area contributed by atoms with E-state index in [-0.39, 0.29) is 0 Å². The third-order valence-electron chi connectivity index (χ3n) is 4.54. The maximum absolute atomic E-state index is 5.67. The standard InChI is InChI=1S/C23H48O5/c1-3-5-6-7-8-9-10-11-12-13-15-25-16-14-17-26-20-21-28-23-22-27-19-18-24-4-2/h3-23H2,1-2H3. The van der Waals surface area contributed by atoms with Gasteiger partial charge in [0.2, 0.25) is 0 Å². The van der Waals surface area contributed by atoms with Crippen LogP contribution < -0.4 is 0 Å². The van der Waals surface area contributed by atoms with Gasteiger partial charge in [-0.15, -0.1) is 0 Å². The van der Waals surface area contributed by atoms with Crippen molar-refractivity contribution in [1.82, 2.24) is 0 Å². The second-order valence-electron chi connectivity index (χ2n) is 7.18. The fourth-order valence-corrected chi connectivity index (χ4v) is 2.86. The van der Waals surface area contributed by atoms with Crippen molar-refractivity contribution in [1.29, 1.82) is 0 Å². The third kappa shape index (κ3) is 25.8. The molecule has 28 heavy (non-hydrogen) atoms. The van der Waals surface area contributed by atoms with Crippen molar-refractivity contribution in [3.05, 3.63) is 0 Å². The minimum atomic E-state index is 0.609. The van der Waals surface area contributed by atoms with Crippen molar-refractivity contribution in [2.24, 2.45) is 0 Å². The topological polar surface area (TPSA) is 46.2 Å². The van der Waals surface area contributed by atoms with Crippen molar-refractivity contribution in [3.8, 4) is 0 Å². The van der Waals surface area contributed by atoms with Crippen LogP contribution in [0.15, 0.2) is 0 Å². The van der Waals surface area contributed by atoms with E-state index in [1.54, 1.807) is 0 Å². The Kier molecular flexibility index (Phi) is 26.6. The Bertz CT molecular complexity index is 237. The monoisotopic (exact) mass is 404 g/mol. The molecule has 0 saturated heterocycles. The van der Waals surface area contributed by atoms with Gasteiger partial charge in [-0.1, -0.05) is 64.7 Å². The molecular weight excluding hydrogens is 356 g/mol. The van der Waals surface area contributed by atoms with E-state index in [9.17, 15) is 0 Å². The molecule has 0 aromatic rings. The molecule has 0 bridgehead atoms. The maximum Gasteiger partial charge on any atom is 0.0701 e. The summed E-state index contributed by atoms with van der Waals surface area (Å²) < 4.78 is 27.2. The summed E-state index contributed by atoms with van der Waals surface area (Å²) in [5, 5.41) is 0. The lowest BCUT2D eigenvalue weighted by Crippen LogP contribution is -2.12. The van der Waals surface area contributed by atoms with Crippen molar-refractivity contribution in [2.45, 2.75) is 84.5 Å². The van der Waals surface area contributed by atoms with Gasteiger partial charge < -0.3 is 23.7 Å². The highest BCUT2D eigenvalue weighted by Crippen LogP contribution is 2.10. The minimum Gasteiger partial charge on any atom is -0.381 e. The highest BCUT2D eigenvalue weighted by molar-refractivity contribution is 4.47. The summed E-state index contributed by atoms with van der Waals surface area (Å²) in [5.74, 6) is 0. The second-order valence-corrected chi connectivity index (χ2v) is 7.18. The van der Waals surface area contributed by atoms with Gasteiger partial charge in [-0.2, -0.15) is 0 Å². The normalized spacial score (nSPS) is 11.4.